The molecule has 0 spiro atoms. The highest BCUT2D eigenvalue weighted by Gasteiger charge is 2.01. The monoisotopic (exact) mass is 291 g/mol. The minimum Gasteiger partial charge on any atom is -0.463 e. The predicted octanol–water partition coefficient (Wildman–Crippen LogP) is 1.12. The lowest BCUT2D eigenvalue weighted by Crippen LogP contribution is -2.15. The third-order valence-electron chi connectivity index (χ3n) is 2.48. The van der Waals surface area contributed by atoms with Crippen LogP contribution in [0.15, 0.2) is 0 Å². The molecule has 0 aliphatic rings. The molecule has 120 valence electrons. The number of unbranched alkanes of at least 4 members (excludes halogenated alkanes) is 2. The van der Waals surface area contributed by atoms with Crippen molar-refractivity contribution in [2.45, 2.75) is 32.6 Å². The van der Waals surface area contributed by atoms with E-state index in [1.54, 1.807) is 0 Å². The van der Waals surface area contributed by atoms with Crippen LogP contribution in [0.2, 0.25) is 0 Å². The van der Waals surface area contributed by atoms with Gasteiger partial charge in [-0.1, -0.05) is 19.8 Å². The number of carbonyl (C=O) groups is 1. The van der Waals surface area contributed by atoms with Crippen LogP contribution < -0.4 is 5.73 Å². The van der Waals surface area contributed by atoms with Crippen LogP contribution >= 0.6 is 0 Å². The second-order valence-electron chi connectivity index (χ2n) is 4.30. The Morgan fingerprint density at radius 1 is 0.850 bits per heavy atom. The molecule has 0 radical (unpaired) electrons. The van der Waals surface area contributed by atoms with Gasteiger partial charge in [0.2, 0.25) is 0 Å². The lowest BCUT2D eigenvalue weighted by molar-refractivity contribution is -0.145. The Morgan fingerprint density at radius 3 is 1.95 bits per heavy atom. The van der Waals surface area contributed by atoms with E-state index >= 15 is 0 Å². The maximum atomic E-state index is 11.3. The molecule has 0 fully saturated rings. The van der Waals surface area contributed by atoms with E-state index in [0.29, 0.717) is 59.2 Å². The molecule has 2 N–H and O–H groups in total. The van der Waals surface area contributed by atoms with Crippen LogP contribution in [-0.4, -0.2) is 58.8 Å². The average Bonchev–Trinajstić information content (AvgIpc) is 2.45. The zero-order valence-corrected chi connectivity index (χ0v) is 12.6. The highest BCUT2D eigenvalue weighted by molar-refractivity contribution is 5.69. The minimum atomic E-state index is -0.143. The van der Waals surface area contributed by atoms with Gasteiger partial charge in [0.1, 0.15) is 6.61 Å². The van der Waals surface area contributed by atoms with Crippen molar-refractivity contribution in [2.24, 2.45) is 5.73 Å². The van der Waals surface area contributed by atoms with E-state index in [4.69, 9.17) is 24.7 Å². The van der Waals surface area contributed by atoms with E-state index in [2.05, 4.69) is 6.92 Å². The first-order valence-corrected chi connectivity index (χ1v) is 7.40. The summed E-state index contributed by atoms with van der Waals surface area (Å²) in [4.78, 5) is 11.3. The number of ether oxygens (including phenoxy) is 4. The molecule has 0 rings (SSSR count). The first-order valence-electron chi connectivity index (χ1n) is 7.40. The van der Waals surface area contributed by atoms with E-state index in [1.807, 2.05) is 0 Å². The van der Waals surface area contributed by atoms with Crippen molar-refractivity contribution in [1.29, 1.82) is 0 Å². The Bertz CT molecular complexity index is 214. The molecular weight excluding hydrogens is 262 g/mol. The van der Waals surface area contributed by atoms with Crippen LogP contribution in [0.25, 0.3) is 0 Å². The smallest absolute Gasteiger partial charge is 0.305 e. The predicted molar refractivity (Wildman–Crippen MR) is 76.6 cm³/mol. The third kappa shape index (κ3) is 15.4. The van der Waals surface area contributed by atoms with Crippen LogP contribution in [0, 0.1) is 0 Å². The van der Waals surface area contributed by atoms with E-state index in [1.165, 1.54) is 0 Å². The van der Waals surface area contributed by atoms with Crippen LogP contribution in [0.3, 0.4) is 0 Å². The fourth-order valence-corrected chi connectivity index (χ4v) is 1.43. The van der Waals surface area contributed by atoms with Crippen molar-refractivity contribution in [3.8, 4) is 0 Å². The molecular formula is C14H29NO5. The molecule has 0 saturated carbocycles. The Hall–Kier alpha value is -0.690. The molecule has 6 nitrogen and oxygen atoms in total. The van der Waals surface area contributed by atoms with Gasteiger partial charge in [-0.2, -0.15) is 0 Å². The van der Waals surface area contributed by atoms with Crippen LogP contribution in [0.5, 0.6) is 0 Å². The minimum absolute atomic E-state index is 0.143. The summed E-state index contributed by atoms with van der Waals surface area (Å²) in [7, 11) is 0. The summed E-state index contributed by atoms with van der Waals surface area (Å²) in [6, 6.07) is 0. The van der Waals surface area contributed by atoms with E-state index < -0.39 is 0 Å². The summed E-state index contributed by atoms with van der Waals surface area (Å²) in [6.45, 7) is 6.00. The SMILES string of the molecule is CCCCCC(=O)OCCOCCOCCOCCN. The topological polar surface area (TPSA) is 80.0 Å². The normalized spacial score (nSPS) is 10.7. The molecule has 0 atom stereocenters. The van der Waals surface area contributed by atoms with Crippen LogP contribution in [0.4, 0.5) is 0 Å². The van der Waals surface area contributed by atoms with Crippen molar-refractivity contribution in [2.75, 3.05) is 52.8 Å². The Balaban J connectivity index is 3.07. The maximum absolute atomic E-state index is 11.3. The fraction of sp³-hybridized carbons (Fsp3) is 0.929. The number of esters is 1. The van der Waals surface area contributed by atoms with E-state index in [9.17, 15) is 4.79 Å². The average molecular weight is 291 g/mol. The van der Waals surface area contributed by atoms with Crippen LogP contribution in [0.1, 0.15) is 32.6 Å². The van der Waals surface area contributed by atoms with Crippen molar-refractivity contribution in [1.82, 2.24) is 0 Å². The van der Waals surface area contributed by atoms with Gasteiger partial charge >= 0.3 is 5.97 Å². The molecule has 0 amide bonds. The molecule has 20 heavy (non-hydrogen) atoms. The zero-order chi connectivity index (χ0) is 14.9. The maximum Gasteiger partial charge on any atom is 0.305 e. The lowest BCUT2D eigenvalue weighted by Gasteiger charge is -2.07. The number of hydrogen-bond donors (Lipinski definition) is 1. The van der Waals surface area contributed by atoms with Gasteiger partial charge < -0.3 is 24.7 Å². The molecule has 0 aliphatic carbocycles. The molecule has 6 heteroatoms. The molecule has 0 aliphatic heterocycles. The van der Waals surface area contributed by atoms with Gasteiger partial charge in [0.25, 0.3) is 0 Å². The lowest BCUT2D eigenvalue weighted by atomic mass is 10.2. The van der Waals surface area contributed by atoms with Gasteiger partial charge in [-0.25, -0.2) is 0 Å². The van der Waals surface area contributed by atoms with Crippen molar-refractivity contribution in [3.63, 3.8) is 0 Å². The van der Waals surface area contributed by atoms with Gasteiger partial charge in [0, 0.05) is 13.0 Å². The number of rotatable bonds is 15. The molecule has 0 unspecified atom stereocenters. The van der Waals surface area contributed by atoms with Crippen molar-refractivity contribution in [3.05, 3.63) is 0 Å². The third-order valence-corrected chi connectivity index (χ3v) is 2.48. The van der Waals surface area contributed by atoms with Gasteiger partial charge in [0.15, 0.2) is 0 Å². The summed E-state index contributed by atoms with van der Waals surface area (Å²) in [5, 5.41) is 0. The Kier molecular flexibility index (Phi) is 15.8. The first kappa shape index (κ1) is 19.3. The first-order chi connectivity index (χ1) is 9.81. The molecule has 0 aromatic carbocycles. The Morgan fingerprint density at radius 2 is 1.40 bits per heavy atom. The van der Waals surface area contributed by atoms with Crippen molar-refractivity contribution < 1.29 is 23.7 Å². The Labute approximate surface area is 121 Å². The molecule has 0 aromatic rings. The van der Waals surface area contributed by atoms with Crippen LogP contribution in [-0.2, 0) is 23.7 Å². The highest BCUT2D eigenvalue weighted by Crippen LogP contribution is 2.00. The molecule has 0 heterocycles. The zero-order valence-electron chi connectivity index (χ0n) is 12.6. The van der Waals surface area contributed by atoms with Gasteiger partial charge in [-0.15, -0.1) is 0 Å². The fourth-order valence-electron chi connectivity index (χ4n) is 1.43. The largest absolute Gasteiger partial charge is 0.463 e. The summed E-state index contributed by atoms with van der Waals surface area (Å²) in [5.41, 5.74) is 5.27. The molecule has 0 bridgehead atoms. The van der Waals surface area contributed by atoms with Crippen molar-refractivity contribution >= 4 is 5.97 Å². The number of carbonyl (C=O) groups excluding carboxylic acids is 1. The number of hydrogen-bond acceptors (Lipinski definition) is 6. The summed E-state index contributed by atoms with van der Waals surface area (Å²) in [6.07, 6.45) is 3.57. The molecule has 0 saturated heterocycles. The second-order valence-corrected chi connectivity index (χ2v) is 4.30. The quantitative estimate of drug-likeness (QED) is 0.360. The summed E-state index contributed by atoms with van der Waals surface area (Å²) < 4.78 is 20.7. The van der Waals surface area contributed by atoms with Gasteiger partial charge in [-0.05, 0) is 6.42 Å². The standard InChI is InChI=1S/C14H29NO5/c1-2-3-4-5-14(16)20-13-12-19-11-10-18-9-8-17-7-6-15/h2-13,15H2,1H3. The van der Waals surface area contributed by atoms with E-state index in [0.717, 1.165) is 19.3 Å². The molecule has 0 aromatic heterocycles. The summed E-state index contributed by atoms with van der Waals surface area (Å²) >= 11 is 0. The highest BCUT2D eigenvalue weighted by atomic mass is 16.6. The number of nitrogens with two attached hydrogens (primary N) is 1. The second kappa shape index (κ2) is 16.4. The summed E-state index contributed by atoms with van der Waals surface area (Å²) in [5.74, 6) is -0.143. The van der Waals surface area contributed by atoms with E-state index in [-0.39, 0.29) is 5.97 Å². The van der Waals surface area contributed by atoms with Gasteiger partial charge in [-0.3, -0.25) is 4.79 Å². The van der Waals surface area contributed by atoms with Gasteiger partial charge in [0.05, 0.1) is 39.6 Å².